The number of rotatable bonds is 5. The molecule has 0 spiro atoms. The van der Waals surface area contributed by atoms with Crippen LogP contribution in [0.25, 0.3) is 0 Å². The van der Waals surface area contributed by atoms with Crippen LogP contribution in [0.15, 0.2) is 30.3 Å². The monoisotopic (exact) mass is 282 g/mol. The van der Waals surface area contributed by atoms with Crippen molar-refractivity contribution in [2.75, 3.05) is 10.8 Å². The molecule has 1 aromatic carbocycles. The molecule has 1 saturated carbocycles. The highest BCUT2D eigenvalue weighted by Crippen LogP contribution is 2.37. The molecule has 1 amide bonds. The lowest BCUT2D eigenvalue weighted by atomic mass is 10.3. The Hall–Kier alpha value is -1.56. The maximum atomic E-state index is 12.2. The molecule has 0 radical (unpaired) electrons. The quantitative estimate of drug-likeness (QED) is 0.890. The molecule has 0 unspecified atom stereocenters. The standard InChI is InChI=1S/C13H18N2O3S/c1-3-15(11-7-5-4-6-8-11)19(17,18)14-13(16)12-9-10(12)2/h4-8,10,12H,3,9H2,1-2H3,(H,14,16)/t10-,12+/m1/s1. The zero-order valence-corrected chi connectivity index (χ0v) is 11.9. The van der Waals surface area contributed by atoms with Gasteiger partial charge in [-0.3, -0.25) is 9.10 Å². The van der Waals surface area contributed by atoms with Gasteiger partial charge >= 0.3 is 10.2 Å². The van der Waals surface area contributed by atoms with Crippen LogP contribution < -0.4 is 9.03 Å². The molecule has 1 aliphatic carbocycles. The van der Waals surface area contributed by atoms with Gasteiger partial charge in [0.2, 0.25) is 5.91 Å². The van der Waals surface area contributed by atoms with Gasteiger partial charge in [0.25, 0.3) is 0 Å². The summed E-state index contributed by atoms with van der Waals surface area (Å²) in [6.45, 7) is 3.94. The molecule has 5 nitrogen and oxygen atoms in total. The number of para-hydroxylation sites is 1. The lowest BCUT2D eigenvalue weighted by Gasteiger charge is -2.22. The lowest BCUT2D eigenvalue weighted by molar-refractivity contribution is -0.120. The molecule has 0 bridgehead atoms. The zero-order chi connectivity index (χ0) is 14.0. The Balaban J connectivity index is 2.15. The SMILES string of the molecule is CCN(c1ccccc1)S(=O)(=O)NC(=O)[C@H]1C[C@H]1C. The summed E-state index contributed by atoms with van der Waals surface area (Å²) in [6.07, 6.45) is 0.763. The van der Waals surface area contributed by atoms with Crippen molar-refractivity contribution < 1.29 is 13.2 Å². The first-order chi connectivity index (χ1) is 8.95. The number of benzene rings is 1. The van der Waals surface area contributed by atoms with Crippen molar-refractivity contribution >= 4 is 21.8 Å². The van der Waals surface area contributed by atoms with Crippen LogP contribution in [0.5, 0.6) is 0 Å². The fourth-order valence-corrected chi connectivity index (χ4v) is 3.29. The minimum Gasteiger partial charge on any atom is -0.274 e. The molecule has 0 aromatic heterocycles. The van der Waals surface area contributed by atoms with Crippen molar-refractivity contribution in [1.82, 2.24) is 4.72 Å². The van der Waals surface area contributed by atoms with Gasteiger partial charge in [-0.15, -0.1) is 0 Å². The molecule has 2 rings (SSSR count). The van der Waals surface area contributed by atoms with E-state index in [1.54, 1.807) is 31.2 Å². The van der Waals surface area contributed by atoms with E-state index in [2.05, 4.69) is 4.72 Å². The van der Waals surface area contributed by atoms with Gasteiger partial charge in [-0.25, -0.2) is 4.72 Å². The molecule has 19 heavy (non-hydrogen) atoms. The normalized spacial score (nSPS) is 21.8. The molecular weight excluding hydrogens is 264 g/mol. The smallest absolute Gasteiger partial charge is 0.274 e. The van der Waals surface area contributed by atoms with Gasteiger partial charge in [0, 0.05) is 12.5 Å². The first kappa shape index (κ1) is 13.9. The van der Waals surface area contributed by atoms with Crippen LogP contribution in [-0.2, 0) is 15.0 Å². The van der Waals surface area contributed by atoms with Crippen molar-refractivity contribution in [1.29, 1.82) is 0 Å². The van der Waals surface area contributed by atoms with E-state index in [1.165, 1.54) is 4.31 Å². The van der Waals surface area contributed by atoms with E-state index in [0.29, 0.717) is 5.69 Å². The number of amides is 1. The second-order valence-corrected chi connectivity index (χ2v) is 6.39. The van der Waals surface area contributed by atoms with Crippen LogP contribution in [0, 0.1) is 11.8 Å². The van der Waals surface area contributed by atoms with Crippen LogP contribution >= 0.6 is 0 Å². The van der Waals surface area contributed by atoms with E-state index in [-0.39, 0.29) is 18.4 Å². The first-order valence-electron chi connectivity index (χ1n) is 6.35. The van der Waals surface area contributed by atoms with Gasteiger partial charge in [0.15, 0.2) is 0 Å². The maximum absolute atomic E-state index is 12.2. The van der Waals surface area contributed by atoms with Gasteiger partial charge in [0.05, 0.1) is 5.69 Å². The molecule has 1 N–H and O–H groups in total. The predicted molar refractivity (Wildman–Crippen MR) is 73.8 cm³/mol. The number of hydrogen-bond donors (Lipinski definition) is 1. The summed E-state index contributed by atoms with van der Waals surface area (Å²) in [7, 11) is -3.82. The highest BCUT2D eigenvalue weighted by molar-refractivity contribution is 7.91. The van der Waals surface area contributed by atoms with Gasteiger partial charge < -0.3 is 0 Å². The number of hydrogen-bond acceptors (Lipinski definition) is 3. The fourth-order valence-electron chi connectivity index (χ4n) is 2.03. The summed E-state index contributed by atoms with van der Waals surface area (Å²) < 4.78 is 27.8. The third-order valence-electron chi connectivity index (χ3n) is 3.30. The minimum atomic E-state index is -3.82. The van der Waals surface area contributed by atoms with E-state index < -0.39 is 16.1 Å². The Morgan fingerprint density at radius 1 is 1.37 bits per heavy atom. The summed E-state index contributed by atoms with van der Waals surface area (Å²) in [4.78, 5) is 11.8. The summed E-state index contributed by atoms with van der Waals surface area (Å²) >= 11 is 0. The molecule has 1 aliphatic rings. The molecule has 1 aromatic rings. The highest BCUT2D eigenvalue weighted by Gasteiger charge is 2.41. The van der Waals surface area contributed by atoms with Crippen molar-refractivity contribution in [3.63, 3.8) is 0 Å². The Labute approximate surface area is 113 Å². The van der Waals surface area contributed by atoms with Gasteiger partial charge in [-0.05, 0) is 31.4 Å². The Morgan fingerprint density at radius 3 is 2.42 bits per heavy atom. The number of nitrogens with zero attached hydrogens (tertiary/aromatic N) is 1. The summed E-state index contributed by atoms with van der Waals surface area (Å²) in [5, 5.41) is 0. The van der Waals surface area contributed by atoms with Crippen LogP contribution in [-0.4, -0.2) is 20.9 Å². The third kappa shape index (κ3) is 3.07. The average Bonchev–Trinajstić information content (AvgIpc) is 3.08. The minimum absolute atomic E-state index is 0.163. The molecular formula is C13H18N2O3S. The molecule has 0 heterocycles. The fraction of sp³-hybridized carbons (Fsp3) is 0.462. The molecule has 6 heteroatoms. The van der Waals surface area contributed by atoms with Crippen molar-refractivity contribution in [3.8, 4) is 0 Å². The first-order valence-corrected chi connectivity index (χ1v) is 7.79. The largest absolute Gasteiger partial charge is 0.326 e. The number of anilines is 1. The summed E-state index contributed by atoms with van der Waals surface area (Å²) in [6, 6.07) is 8.74. The topological polar surface area (TPSA) is 66.5 Å². The highest BCUT2D eigenvalue weighted by atomic mass is 32.2. The summed E-state index contributed by atoms with van der Waals surface area (Å²) in [5.74, 6) is -0.284. The van der Waals surface area contributed by atoms with Gasteiger partial charge in [-0.1, -0.05) is 25.1 Å². The Morgan fingerprint density at radius 2 is 1.95 bits per heavy atom. The van der Waals surface area contributed by atoms with Crippen LogP contribution in [0.1, 0.15) is 20.3 Å². The predicted octanol–water partition coefficient (Wildman–Crippen LogP) is 1.53. The Bertz CT molecular complexity index is 557. The van der Waals surface area contributed by atoms with Crippen molar-refractivity contribution in [2.45, 2.75) is 20.3 Å². The number of nitrogens with one attached hydrogen (secondary N) is 1. The van der Waals surface area contributed by atoms with Crippen LogP contribution in [0.3, 0.4) is 0 Å². The van der Waals surface area contributed by atoms with Crippen molar-refractivity contribution in [3.05, 3.63) is 30.3 Å². The maximum Gasteiger partial charge on any atom is 0.326 e. The van der Waals surface area contributed by atoms with E-state index in [4.69, 9.17) is 0 Å². The molecule has 0 saturated heterocycles. The molecule has 2 atom stereocenters. The molecule has 104 valence electrons. The van der Waals surface area contributed by atoms with E-state index in [1.807, 2.05) is 13.0 Å². The van der Waals surface area contributed by atoms with Crippen LogP contribution in [0.4, 0.5) is 5.69 Å². The molecule has 0 aliphatic heterocycles. The molecule has 1 fully saturated rings. The Kier molecular flexibility index (Phi) is 3.80. The van der Waals surface area contributed by atoms with E-state index in [0.717, 1.165) is 6.42 Å². The summed E-state index contributed by atoms with van der Waals surface area (Å²) in [5.41, 5.74) is 0.550. The number of carbonyl (C=O) groups excluding carboxylic acids is 1. The van der Waals surface area contributed by atoms with Gasteiger partial charge in [-0.2, -0.15) is 8.42 Å². The van der Waals surface area contributed by atoms with Gasteiger partial charge in [0.1, 0.15) is 0 Å². The number of carbonyl (C=O) groups is 1. The average molecular weight is 282 g/mol. The second kappa shape index (κ2) is 5.21. The second-order valence-electron chi connectivity index (χ2n) is 4.79. The third-order valence-corrected chi connectivity index (χ3v) is 4.81. The van der Waals surface area contributed by atoms with Crippen LogP contribution in [0.2, 0.25) is 0 Å². The zero-order valence-electron chi connectivity index (χ0n) is 11.0. The lowest BCUT2D eigenvalue weighted by Crippen LogP contribution is -2.44. The van der Waals surface area contributed by atoms with E-state index >= 15 is 0 Å². The van der Waals surface area contributed by atoms with Crippen molar-refractivity contribution in [2.24, 2.45) is 11.8 Å². The van der Waals surface area contributed by atoms with E-state index in [9.17, 15) is 13.2 Å².